The summed E-state index contributed by atoms with van der Waals surface area (Å²) < 4.78 is 1.40. The Balaban J connectivity index is 2.28. The quantitative estimate of drug-likeness (QED) is 0.802. The molecule has 0 amide bonds. The molecule has 0 N–H and O–H groups in total. The minimum atomic E-state index is -0.931. The average molecular weight is 283 g/mol. The zero-order chi connectivity index (χ0) is 12.4. The van der Waals surface area contributed by atoms with Crippen LogP contribution in [0.3, 0.4) is 0 Å². The molecule has 0 bridgehead atoms. The van der Waals surface area contributed by atoms with Gasteiger partial charge in [0.15, 0.2) is 0 Å². The van der Waals surface area contributed by atoms with Gasteiger partial charge >= 0.3 is 0 Å². The second kappa shape index (κ2) is 5.41. The van der Waals surface area contributed by atoms with Crippen LogP contribution in [0.15, 0.2) is 17.9 Å². The maximum absolute atomic E-state index is 4.67. The summed E-state index contributed by atoms with van der Waals surface area (Å²) in [6.07, 6.45) is 3.96. The Hall–Kier alpha value is -0.523. The standard InChI is InChI=1S/C12H18N2S2Si/c1-8(2)17(9(3)4)12-14-6-11(16-12)10-5-13-7-15-10/h5-9,17H,1-4H3. The number of aromatic nitrogens is 2. The fourth-order valence-corrected chi connectivity index (χ4v) is 9.10. The van der Waals surface area contributed by atoms with E-state index >= 15 is 0 Å². The highest BCUT2D eigenvalue weighted by Crippen LogP contribution is 2.28. The van der Waals surface area contributed by atoms with E-state index in [9.17, 15) is 0 Å². The van der Waals surface area contributed by atoms with Gasteiger partial charge in [-0.15, -0.1) is 22.7 Å². The predicted octanol–water partition coefficient (Wildman–Crippen LogP) is 3.52. The topological polar surface area (TPSA) is 25.8 Å². The second-order valence-corrected chi connectivity index (χ2v) is 11.6. The molecule has 0 aliphatic rings. The summed E-state index contributed by atoms with van der Waals surface area (Å²) in [5.41, 5.74) is 3.43. The Morgan fingerprint density at radius 1 is 1.06 bits per heavy atom. The van der Waals surface area contributed by atoms with Crippen molar-refractivity contribution in [3.05, 3.63) is 17.9 Å². The third-order valence-corrected chi connectivity index (χ3v) is 9.48. The lowest BCUT2D eigenvalue weighted by Gasteiger charge is -2.20. The molecule has 0 saturated heterocycles. The van der Waals surface area contributed by atoms with E-state index in [2.05, 4.69) is 37.7 Å². The zero-order valence-electron chi connectivity index (χ0n) is 10.7. The smallest absolute Gasteiger partial charge is 0.113 e. The molecule has 0 radical (unpaired) electrons. The molecular formula is C12H18N2S2Si. The zero-order valence-corrected chi connectivity index (χ0v) is 13.5. The lowest BCUT2D eigenvalue weighted by Crippen LogP contribution is -2.35. The van der Waals surface area contributed by atoms with Crippen molar-refractivity contribution in [2.75, 3.05) is 0 Å². The molecule has 92 valence electrons. The Bertz CT molecular complexity index is 455. The van der Waals surface area contributed by atoms with Crippen molar-refractivity contribution in [1.82, 2.24) is 9.97 Å². The molecule has 5 heteroatoms. The van der Waals surface area contributed by atoms with Crippen LogP contribution in [-0.4, -0.2) is 18.8 Å². The Morgan fingerprint density at radius 2 is 1.76 bits per heavy atom. The fraction of sp³-hybridized carbons (Fsp3) is 0.500. The van der Waals surface area contributed by atoms with E-state index < -0.39 is 8.80 Å². The Labute approximate surface area is 112 Å². The summed E-state index contributed by atoms with van der Waals surface area (Å²) in [4.78, 5) is 11.3. The predicted molar refractivity (Wildman–Crippen MR) is 80.2 cm³/mol. The van der Waals surface area contributed by atoms with Gasteiger partial charge in [-0.2, -0.15) is 0 Å². The number of hydrogen-bond acceptors (Lipinski definition) is 4. The summed E-state index contributed by atoms with van der Waals surface area (Å²) in [6, 6.07) is 0. The van der Waals surface area contributed by atoms with Gasteiger partial charge in [0.05, 0.1) is 19.9 Å². The van der Waals surface area contributed by atoms with Crippen molar-refractivity contribution >= 4 is 36.1 Å². The van der Waals surface area contributed by atoms with Gasteiger partial charge < -0.3 is 0 Å². The van der Waals surface area contributed by atoms with E-state index in [1.165, 1.54) is 14.4 Å². The molecule has 2 rings (SSSR count). The molecular weight excluding hydrogens is 264 g/mol. The molecule has 0 aromatic carbocycles. The fourth-order valence-electron chi connectivity index (χ4n) is 2.23. The molecule has 17 heavy (non-hydrogen) atoms. The van der Waals surface area contributed by atoms with E-state index in [0.29, 0.717) is 0 Å². The van der Waals surface area contributed by atoms with Crippen LogP contribution in [0.4, 0.5) is 0 Å². The molecule has 2 aromatic rings. The first kappa shape index (κ1) is 12.9. The average Bonchev–Trinajstić information content (AvgIpc) is 2.83. The van der Waals surface area contributed by atoms with Gasteiger partial charge in [-0.25, -0.2) is 0 Å². The molecule has 0 aliphatic carbocycles. The van der Waals surface area contributed by atoms with Crippen molar-refractivity contribution in [1.29, 1.82) is 0 Å². The van der Waals surface area contributed by atoms with Gasteiger partial charge in [0.2, 0.25) is 0 Å². The summed E-state index contributed by atoms with van der Waals surface area (Å²) in [5, 5.41) is 0. The first-order valence-electron chi connectivity index (χ1n) is 5.94. The molecule has 0 saturated carbocycles. The molecule has 2 heterocycles. The van der Waals surface area contributed by atoms with Crippen LogP contribution >= 0.6 is 22.7 Å². The normalized spacial score (nSPS) is 11.9. The third kappa shape index (κ3) is 2.84. The molecule has 2 aromatic heterocycles. The molecule has 0 unspecified atom stereocenters. The monoisotopic (exact) mass is 282 g/mol. The van der Waals surface area contributed by atoms with Crippen molar-refractivity contribution in [2.24, 2.45) is 0 Å². The van der Waals surface area contributed by atoms with Crippen molar-refractivity contribution < 1.29 is 0 Å². The molecule has 0 fully saturated rings. The van der Waals surface area contributed by atoms with Crippen molar-refractivity contribution in [2.45, 2.75) is 38.8 Å². The van der Waals surface area contributed by atoms with E-state index in [-0.39, 0.29) is 0 Å². The van der Waals surface area contributed by atoms with Crippen LogP contribution in [-0.2, 0) is 0 Å². The van der Waals surface area contributed by atoms with Crippen LogP contribution in [0, 0.1) is 0 Å². The number of rotatable bonds is 4. The third-order valence-electron chi connectivity index (χ3n) is 2.92. The SMILES string of the molecule is CC(C)[SiH](c1ncc(-c2cncs2)s1)C(C)C. The first-order valence-corrected chi connectivity index (χ1v) is 9.55. The first-order chi connectivity index (χ1) is 8.09. The summed E-state index contributed by atoms with van der Waals surface area (Å²) in [6.45, 7) is 9.35. The highest BCUT2D eigenvalue weighted by molar-refractivity contribution is 7.28. The highest BCUT2D eigenvalue weighted by atomic mass is 32.1. The lowest BCUT2D eigenvalue weighted by molar-refractivity contribution is 0.950. The lowest BCUT2D eigenvalue weighted by atomic mass is 10.5. The highest BCUT2D eigenvalue weighted by Gasteiger charge is 2.25. The largest absolute Gasteiger partial charge is 0.254 e. The maximum Gasteiger partial charge on any atom is 0.113 e. The van der Waals surface area contributed by atoms with E-state index in [1.807, 2.05) is 29.2 Å². The number of thiazole rings is 2. The van der Waals surface area contributed by atoms with Crippen LogP contribution in [0.25, 0.3) is 9.75 Å². The molecule has 0 atom stereocenters. The maximum atomic E-state index is 4.67. The molecule has 0 spiro atoms. The Kier molecular flexibility index (Phi) is 4.12. The van der Waals surface area contributed by atoms with E-state index in [0.717, 1.165) is 11.1 Å². The molecule has 2 nitrogen and oxygen atoms in total. The van der Waals surface area contributed by atoms with Gasteiger partial charge in [-0.1, -0.05) is 27.7 Å². The minimum Gasteiger partial charge on any atom is -0.254 e. The number of nitrogens with zero attached hydrogens (tertiary/aromatic N) is 2. The van der Waals surface area contributed by atoms with Gasteiger partial charge in [0, 0.05) is 12.4 Å². The van der Waals surface area contributed by atoms with Gasteiger partial charge in [0.25, 0.3) is 0 Å². The van der Waals surface area contributed by atoms with Gasteiger partial charge in [0.1, 0.15) is 8.80 Å². The molecule has 0 aliphatic heterocycles. The summed E-state index contributed by atoms with van der Waals surface area (Å²) in [7, 11) is -0.931. The van der Waals surface area contributed by atoms with Crippen molar-refractivity contribution in [3.63, 3.8) is 0 Å². The van der Waals surface area contributed by atoms with E-state index in [4.69, 9.17) is 0 Å². The van der Waals surface area contributed by atoms with Crippen LogP contribution in [0.2, 0.25) is 11.1 Å². The van der Waals surface area contributed by atoms with Crippen LogP contribution < -0.4 is 4.63 Å². The summed E-state index contributed by atoms with van der Waals surface area (Å²) in [5.74, 6) is 0. The van der Waals surface area contributed by atoms with Crippen LogP contribution in [0.1, 0.15) is 27.7 Å². The van der Waals surface area contributed by atoms with Crippen LogP contribution in [0.5, 0.6) is 0 Å². The van der Waals surface area contributed by atoms with Gasteiger partial charge in [-0.05, 0) is 11.1 Å². The van der Waals surface area contributed by atoms with Crippen molar-refractivity contribution in [3.8, 4) is 9.75 Å². The number of hydrogen-bond donors (Lipinski definition) is 0. The summed E-state index contributed by atoms with van der Waals surface area (Å²) >= 11 is 3.57. The Morgan fingerprint density at radius 3 is 2.29 bits per heavy atom. The minimum absolute atomic E-state index is 0.774. The van der Waals surface area contributed by atoms with Gasteiger partial charge in [-0.3, -0.25) is 9.97 Å². The van der Waals surface area contributed by atoms with E-state index in [1.54, 1.807) is 11.3 Å². The second-order valence-electron chi connectivity index (χ2n) is 4.94.